The fourth-order valence-corrected chi connectivity index (χ4v) is 3.64. The number of thiocarbonyl (C=S) groups is 1. The lowest BCUT2D eigenvalue weighted by Gasteiger charge is -2.29. The standard InChI is InChI=1S/C21H13FIN3O2S/c22-13-3-1-4-17(11-13)26-20(28)18(19(27)24-21(26)29)12-16-5-2-10-25(16)15-8-6-14(23)7-9-15/h1-12H,(H,24,27,29)/b18-12+. The molecule has 4 rings (SSSR count). The smallest absolute Gasteiger partial charge is 0.270 e. The van der Waals surface area contributed by atoms with Crippen LogP contribution in [-0.4, -0.2) is 21.5 Å². The van der Waals surface area contributed by atoms with E-state index in [1.165, 1.54) is 24.3 Å². The highest BCUT2D eigenvalue weighted by atomic mass is 127. The van der Waals surface area contributed by atoms with E-state index < -0.39 is 17.6 Å². The Labute approximate surface area is 185 Å². The Hall–Kier alpha value is -2.85. The third-order valence-corrected chi connectivity index (χ3v) is 5.35. The average molecular weight is 517 g/mol. The van der Waals surface area contributed by atoms with Gasteiger partial charge in [0.15, 0.2) is 5.11 Å². The fraction of sp³-hybridized carbons (Fsp3) is 0. The van der Waals surface area contributed by atoms with Gasteiger partial charge in [-0.15, -0.1) is 0 Å². The van der Waals surface area contributed by atoms with Gasteiger partial charge in [-0.3, -0.25) is 19.8 Å². The number of carbonyl (C=O) groups is 2. The van der Waals surface area contributed by atoms with Crippen LogP contribution in [0.5, 0.6) is 0 Å². The molecule has 1 N–H and O–H groups in total. The molecule has 0 unspecified atom stereocenters. The highest BCUT2D eigenvalue weighted by Crippen LogP contribution is 2.24. The summed E-state index contributed by atoms with van der Waals surface area (Å²) < 4.78 is 16.6. The molecule has 5 nitrogen and oxygen atoms in total. The Morgan fingerprint density at radius 3 is 2.48 bits per heavy atom. The third kappa shape index (κ3) is 3.85. The van der Waals surface area contributed by atoms with E-state index in [1.807, 2.05) is 41.1 Å². The Balaban J connectivity index is 1.75. The van der Waals surface area contributed by atoms with Crippen molar-refractivity contribution in [1.82, 2.24) is 9.88 Å². The quantitative estimate of drug-likeness (QED) is 0.247. The van der Waals surface area contributed by atoms with Crippen molar-refractivity contribution in [3.8, 4) is 5.69 Å². The number of nitrogens with zero attached hydrogens (tertiary/aromatic N) is 2. The average Bonchev–Trinajstić information content (AvgIpc) is 3.14. The van der Waals surface area contributed by atoms with E-state index in [4.69, 9.17) is 12.2 Å². The van der Waals surface area contributed by atoms with Crippen molar-refractivity contribution >= 4 is 63.5 Å². The number of anilines is 1. The molecule has 0 saturated carbocycles. The summed E-state index contributed by atoms with van der Waals surface area (Å²) in [6.07, 6.45) is 3.35. The SMILES string of the molecule is O=C1NC(=S)N(c2cccc(F)c2)C(=O)/C1=C/c1cccn1-c1ccc(I)cc1. The van der Waals surface area contributed by atoms with Gasteiger partial charge in [0.1, 0.15) is 11.4 Å². The molecule has 0 bridgehead atoms. The predicted molar refractivity (Wildman–Crippen MR) is 121 cm³/mol. The number of aromatic nitrogens is 1. The Kier molecular flexibility index (Phi) is 5.29. The summed E-state index contributed by atoms with van der Waals surface area (Å²) in [4.78, 5) is 26.6. The zero-order valence-electron chi connectivity index (χ0n) is 14.8. The van der Waals surface area contributed by atoms with E-state index in [2.05, 4.69) is 27.9 Å². The molecule has 1 aliphatic heterocycles. The predicted octanol–water partition coefficient (Wildman–Crippen LogP) is 4.05. The van der Waals surface area contributed by atoms with Gasteiger partial charge in [0.05, 0.1) is 5.69 Å². The first-order chi connectivity index (χ1) is 13.9. The van der Waals surface area contributed by atoms with Gasteiger partial charge in [-0.1, -0.05) is 6.07 Å². The molecule has 2 heterocycles. The molecule has 3 aromatic rings. The van der Waals surface area contributed by atoms with Crippen molar-refractivity contribution in [2.24, 2.45) is 0 Å². The zero-order valence-corrected chi connectivity index (χ0v) is 17.8. The van der Waals surface area contributed by atoms with E-state index in [-0.39, 0.29) is 16.4 Å². The number of amides is 2. The molecule has 144 valence electrons. The second-order valence-corrected chi connectivity index (χ2v) is 7.85. The van der Waals surface area contributed by atoms with E-state index in [0.29, 0.717) is 5.69 Å². The van der Waals surface area contributed by atoms with Crippen molar-refractivity contribution in [1.29, 1.82) is 0 Å². The highest BCUT2D eigenvalue weighted by molar-refractivity contribution is 14.1. The van der Waals surface area contributed by atoms with Gasteiger partial charge >= 0.3 is 0 Å². The maximum atomic E-state index is 13.6. The molecule has 0 aliphatic carbocycles. The summed E-state index contributed by atoms with van der Waals surface area (Å²) >= 11 is 7.36. The largest absolute Gasteiger partial charge is 0.317 e. The monoisotopic (exact) mass is 517 g/mol. The van der Waals surface area contributed by atoms with E-state index in [9.17, 15) is 14.0 Å². The van der Waals surface area contributed by atoms with Gasteiger partial charge in [-0.25, -0.2) is 4.39 Å². The van der Waals surface area contributed by atoms with Crippen LogP contribution in [0.1, 0.15) is 5.69 Å². The van der Waals surface area contributed by atoms with Crippen LogP contribution in [0.15, 0.2) is 72.4 Å². The second kappa shape index (κ2) is 7.88. The van der Waals surface area contributed by atoms with Crippen molar-refractivity contribution in [2.45, 2.75) is 0 Å². The molecule has 0 spiro atoms. The topological polar surface area (TPSA) is 54.3 Å². The molecule has 2 aromatic carbocycles. The molecule has 0 radical (unpaired) electrons. The fourth-order valence-electron chi connectivity index (χ4n) is 3.00. The minimum Gasteiger partial charge on any atom is -0.317 e. The summed E-state index contributed by atoms with van der Waals surface area (Å²) in [7, 11) is 0. The maximum absolute atomic E-state index is 13.6. The van der Waals surface area contributed by atoms with Crippen LogP contribution in [-0.2, 0) is 9.59 Å². The summed E-state index contributed by atoms with van der Waals surface area (Å²) in [6, 6.07) is 16.9. The van der Waals surface area contributed by atoms with Crippen LogP contribution in [0.3, 0.4) is 0 Å². The van der Waals surface area contributed by atoms with Crippen molar-refractivity contribution in [2.75, 3.05) is 4.90 Å². The van der Waals surface area contributed by atoms with Crippen molar-refractivity contribution in [3.05, 3.63) is 87.5 Å². The molecule has 1 saturated heterocycles. The lowest BCUT2D eigenvalue weighted by Crippen LogP contribution is -2.54. The number of hydrogen-bond donors (Lipinski definition) is 1. The van der Waals surface area contributed by atoms with E-state index in [0.717, 1.165) is 14.2 Å². The van der Waals surface area contributed by atoms with E-state index >= 15 is 0 Å². The van der Waals surface area contributed by atoms with Crippen LogP contribution in [0.4, 0.5) is 10.1 Å². The number of halogens is 2. The molecular formula is C21H13FIN3O2S. The first-order valence-corrected chi connectivity index (χ1v) is 10.0. The molecular weight excluding hydrogens is 504 g/mol. The second-order valence-electron chi connectivity index (χ2n) is 6.22. The number of hydrogen-bond acceptors (Lipinski definition) is 3. The lowest BCUT2D eigenvalue weighted by atomic mass is 10.1. The number of nitrogens with one attached hydrogen (secondary N) is 1. The van der Waals surface area contributed by atoms with Gasteiger partial charge in [0, 0.05) is 21.1 Å². The molecule has 0 atom stereocenters. The summed E-state index contributed by atoms with van der Waals surface area (Å²) in [5.41, 5.74) is 1.70. The van der Waals surface area contributed by atoms with Gasteiger partial charge < -0.3 is 4.57 Å². The minimum atomic E-state index is -0.611. The first-order valence-electron chi connectivity index (χ1n) is 8.54. The van der Waals surface area contributed by atoms with Crippen LogP contribution in [0.25, 0.3) is 11.8 Å². The Bertz CT molecular complexity index is 1170. The van der Waals surface area contributed by atoms with Crippen LogP contribution in [0.2, 0.25) is 0 Å². The van der Waals surface area contributed by atoms with Crippen LogP contribution < -0.4 is 10.2 Å². The minimum absolute atomic E-state index is 0.0873. The van der Waals surface area contributed by atoms with Crippen LogP contribution in [0, 0.1) is 9.39 Å². The molecule has 1 aromatic heterocycles. The molecule has 1 aliphatic rings. The summed E-state index contributed by atoms with van der Waals surface area (Å²) in [5.74, 6) is -1.71. The van der Waals surface area contributed by atoms with E-state index in [1.54, 1.807) is 12.1 Å². The van der Waals surface area contributed by atoms with Gasteiger partial charge in [0.25, 0.3) is 11.8 Å². The lowest BCUT2D eigenvalue weighted by molar-refractivity contribution is -0.122. The summed E-state index contributed by atoms with van der Waals surface area (Å²) in [6.45, 7) is 0. The highest BCUT2D eigenvalue weighted by Gasteiger charge is 2.34. The molecule has 2 amide bonds. The zero-order chi connectivity index (χ0) is 20.5. The number of benzene rings is 2. The third-order valence-electron chi connectivity index (χ3n) is 4.35. The van der Waals surface area contributed by atoms with Crippen LogP contribution >= 0.6 is 34.8 Å². The number of carbonyl (C=O) groups excluding carboxylic acids is 2. The molecule has 1 fully saturated rings. The first kappa shape index (κ1) is 19.5. The van der Waals surface area contributed by atoms with Crippen molar-refractivity contribution in [3.63, 3.8) is 0 Å². The van der Waals surface area contributed by atoms with Gasteiger partial charge in [0.2, 0.25) is 0 Å². The molecule has 8 heteroatoms. The van der Waals surface area contributed by atoms with Gasteiger partial charge in [-0.05, 0) is 95.5 Å². The maximum Gasteiger partial charge on any atom is 0.270 e. The molecule has 29 heavy (non-hydrogen) atoms. The summed E-state index contributed by atoms with van der Waals surface area (Å²) in [5, 5.41) is 2.42. The van der Waals surface area contributed by atoms with Gasteiger partial charge in [-0.2, -0.15) is 0 Å². The normalized spacial score (nSPS) is 15.7. The van der Waals surface area contributed by atoms with Crippen molar-refractivity contribution < 1.29 is 14.0 Å². The number of rotatable bonds is 3. The Morgan fingerprint density at radius 2 is 1.76 bits per heavy atom. The Morgan fingerprint density at radius 1 is 1.00 bits per heavy atom.